The number of guanidine groups is 1. The lowest BCUT2D eigenvalue weighted by molar-refractivity contribution is -0.145. The van der Waals surface area contributed by atoms with Gasteiger partial charge in [-0.3, -0.25) is 52.9 Å². The second-order valence-electron chi connectivity index (χ2n) is 25.4. The van der Waals surface area contributed by atoms with Crippen LogP contribution in [0.3, 0.4) is 0 Å². The van der Waals surface area contributed by atoms with Crippen molar-refractivity contribution in [2.75, 3.05) is 25.4 Å². The number of nitrogens with two attached hydrogens (primary N) is 2. The van der Waals surface area contributed by atoms with E-state index in [0.29, 0.717) is 73.6 Å². The number of thioether (sulfide) groups is 1. The number of hydrogen-bond donors (Lipinski definition) is 16. The number of aromatic nitrogens is 2. The van der Waals surface area contributed by atoms with Gasteiger partial charge < -0.3 is 89.8 Å². The molecule has 0 bridgehead atoms. The summed E-state index contributed by atoms with van der Waals surface area (Å²) in [4.78, 5) is 175. The molecule has 0 spiro atoms. The van der Waals surface area contributed by atoms with E-state index in [1.54, 1.807) is 58.0 Å². The minimum atomic E-state index is -1.65. The summed E-state index contributed by atoms with van der Waals surface area (Å²) in [7, 11) is 0. The standard InChI is InChI=1S/C66H96N16O15S/c1-5-38(4)55(62(93)76-46(32-41-34-69-36-72-41)63(94)82-29-15-19-49(82)60(91)77-47(64(95)96)31-39-16-8-6-9-17-39)80-59(90)44(30-40-23-25-42(83)26-24-40)75-61(92)54(37(2)3)79-57(88)43(18-14-28-71-65(67)68)74-58(89)45(33-53(86)87)73-52(85)22-10-7-13-27-70-51(84)21-12-11-20-50-56-48(35-98-50)78-66(97)81-56/h6,8-9,16-17,23-26,34,36-38,43-50,54-56,83H,5,7,10-15,18-22,27-33,35H2,1-4H3,(H,69,72)(H,70,84)(H,73,85)(H,74,89)(H,75,92)(H,76,93)(H,77,91)(H,79,88)(H,80,90)(H,86,87)(H,95,96)(H4,67,68,71)(H2,78,81,97)/t38-,43-,44-,45-,46-,47-,48-,49-,50-,54-,55-,56-/m0/s1. The number of carboxylic acids is 2. The quantitative estimate of drug-likeness (QED) is 0.0157. The molecule has 3 aromatic rings. The summed E-state index contributed by atoms with van der Waals surface area (Å²) in [5, 5.41) is 57.7. The molecule has 31 nitrogen and oxygen atoms in total. The largest absolute Gasteiger partial charge is 0.508 e. The Balaban J connectivity index is 1.10. The second-order valence-corrected chi connectivity index (χ2v) is 26.7. The van der Waals surface area contributed by atoms with Gasteiger partial charge in [0.25, 0.3) is 0 Å². The molecular weight excluding hydrogens is 1290 g/mol. The Morgan fingerprint density at radius 3 is 2.01 bits per heavy atom. The van der Waals surface area contributed by atoms with Crippen LogP contribution in [0.25, 0.3) is 0 Å². The molecule has 3 aliphatic rings. The molecule has 0 saturated carbocycles. The Labute approximate surface area is 573 Å². The molecule has 3 fully saturated rings. The van der Waals surface area contributed by atoms with Gasteiger partial charge in [0.1, 0.15) is 54.1 Å². The number of aliphatic carboxylic acids is 2. The number of aromatic hydroxyl groups is 1. The van der Waals surface area contributed by atoms with E-state index in [-0.39, 0.29) is 93.8 Å². The van der Waals surface area contributed by atoms with Gasteiger partial charge in [-0.1, -0.05) is 89.4 Å². The first-order valence-corrected chi connectivity index (χ1v) is 34.5. The smallest absolute Gasteiger partial charge is 0.326 e. The summed E-state index contributed by atoms with van der Waals surface area (Å²) in [5.41, 5.74) is 12.6. The van der Waals surface area contributed by atoms with Crippen molar-refractivity contribution < 1.29 is 72.9 Å². The molecule has 4 heterocycles. The number of H-pyrrole nitrogens is 1. The molecule has 32 heteroatoms. The molecule has 98 heavy (non-hydrogen) atoms. The number of carboxylic acid groups (broad SMARTS) is 2. The van der Waals surface area contributed by atoms with E-state index in [9.17, 15) is 72.9 Å². The first-order valence-electron chi connectivity index (χ1n) is 33.5. The summed E-state index contributed by atoms with van der Waals surface area (Å²) < 4.78 is 0. The second kappa shape index (κ2) is 39.0. The highest BCUT2D eigenvalue weighted by molar-refractivity contribution is 8.00. The number of benzene rings is 2. The van der Waals surface area contributed by atoms with E-state index >= 15 is 0 Å². The van der Waals surface area contributed by atoms with Gasteiger partial charge in [-0.2, -0.15) is 11.8 Å². The highest BCUT2D eigenvalue weighted by Gasteiger charge is 2.44. The van der Waals surface area contributed by atoms with Crippen molar-refractivity contribution >= 4 is 88.9 Å². The lowest BCUT2D eigenvalue weighted by Crippen LogP contribution is -2.62. The summed E-state index contributed by atoms with van der Waals surface area (Å²) in [6.07, 6.45) is 6.52. The number of amides is 11. The fraction of sp³-hybridized carbons (Fsp3) is 0.576. The number of phenolic OH excluding ortho intramolecular Hbond substituents is 1. The van der Waals surface area contributed by atoms with Gasteiger partial charge in [-0.15, -0.1) is 0 Å². The van der Waals surface area contributed by atoms with Crippen LogP contribution in [0.1, 0.15) is 134 Å². The van der Waals surface area contributed by atoms with E-state index in [2.05, 4.69) is 68.1 Å². The number of urea groups is 1. The molecule has 11 amide bonds. The van der Waals surface area contributed by atoms with Crippen molar-refractivity contribution in [3.8, 4) is 5.75 Å². The van der Waals surface area contributed by atoms with Gasteiger partial charge in [0, 0.05) is 74.6 Å². The number of nitrogens with zero attached hydrogens (tertiary/aromatic N) is 3. The maximum atomic E-state index is 14.8. The van der Waals surface area contributed by atoms with Gasteiger partial charge >= 0.3 is 18.0 Å². The zero-order chi connectivity index (χ0) is 71.4. The molecule has 18 N–H and O–H groups in total. The molecule has 3 saturated heterocycles. The third-order valence-electron chi connectivity index (χ3n) is 17.5. The van der Waals surface area contributed by atoms with E-state index in [0.717, 1.165) is 18.6 Å². The maximum Gasteiger partial charge on any atom is 0.326 e. The third-order valence-corrected chi connectivity index (χ3v) is 19.0. The molecule has 6 rings (SSSR count). The number of nitrogens with one attached hydrogen (secondary N) is 11. The Kier molecular flexibility index (Phi) is 30.9. The predicted molar refractivity (Wildman–Crippen MR) is 362 cm³/mol. The number of rotatable bonds is 41. The minimum Gasteiger partial charge on any atom is -0.508 e. The molecule has 0 aliphatic carbocycles. The topological polar surface area (TPSA) is 482 Å². The van der Waals surface area contributed by atoms with E-state index in [4.69, 9.17) is 11.5 Å². The predicted octanol–water partition coefficient (Wildman–Crippen LogP) is 0.245. The van der Waals surface area contributed by atoms with Crippen molar-refractivity contribution in [1.29, 1.82) is 0 Å². The van der Waals surface area contributed by atoms with Crippen LogP contribution in [0, 0.1) is 11.8 Å². The Bertz CT molecular complexity index is 3230. The van der Waals surface area contributed by atoms with Gasteiger partial charge in [0.2, 0.25) is 53.2 Å². The normalized spacial score (nSPS) is 18.7. The van der Waals surface area contributed by atoms with Crippen LogP contribution in [-0.2, 0) is 72.0 Å². The van der Waals surface area contributed by atoms with E-state index in [1.807, 2.05) is 11.8 Å². The van der Waals surface area contributed by atoms with Crippen molar-refractivity contribution in [1.82, 2.24) is 68.0 Å². The van der Waals surface area contributed by atoms with E-state index < -0.39 is 126 Å². The molecule has 1 aromatic heterocycles. The van der Waals surface area contributed by atoms with Crippen LogP contribution in [-0.4, -0.2) is 198 Å². The molecule has 12 atom stereocenters. The van der Waals surface area contributed by atoms with Crippen molar-refractivity contribution in [2.45, 2.75) is 203 Å². The molecule has 0 radical (unpaired) electrons. The van der Waals surface area contributed by atoms with Crippen LogP contribution >= 0.6 is 11.8 Å². The van der Waals surface area contributed by atoms with Gasteiger partial charge in [0.15, 0.2) is 5.96 Å². The summed E-state index contributed by atoms with van der Waals surface area (Å²) in [6, 6.07) is 3.43. The molecule has 536 valence electrons. The number of phenols is 1. The maximum absolute atomic E-state index is 14.8. The third kappa shape index (κ3) is 24.9. The number of carbonyl (C=O) groups is 12. The number of unbranched alkanes of at least 4 members (excludes halogenated alkanes) is 3. The number of hydrogen-bond acceptors (Lipinski definition) is 16. The van der Waals surface area contributed by atoms with Gasteiger partial charge in [0.05, 0.1) is 24.8 Å². The summed E-state index contributed by atoms with van der Waals surface area (Å²) >= 11 is 1.82. The zero-order valence-electron chi connectivity index (χ0n) is 55.9. The first kappa shape index (κ1) is 77.5. The number of aromatic amines is 1. The van der Waals surface area contributed by atoms with Crippen LogP contribution in [0.5, 0.6) is 5.75 Å². The van der Waals surface area contributed by atoms with Crippen LogP contribution < -0.4 is 64.6 Å². The van der Waals surface area contributed by atoms with Crippen LogP contribution in [0.4, 0.5) is 4.79 Å². The van der Waals surface area contributed by atoms with Crippen molar-refractivity contribution in [3.05, 3.63) is 83.9 Å². The van der Waals surface area contributed by atoms with Gasteiger partial charge in [-0.25, -0.2) is 14.6 Å². The average molecular weight is 1390 g/mol. The highest BCUT2D eigenvalue weighted by atomic mass is 32.2. The van der Waals surface area contributed by atoms with E-state index in [1.165, 1.54) is 41.7 Å². The highest BCUT2D eigenvalue weighted by Crippen LogP contribution is 2.33. The SMILES string of the molecule is CC[C@H](C)[C@H](NC(=O)[C@H](Cc1ccc(O)cc1)NC(=O)[C@@H](NC(=O)[C@H](CCCN=C(N)N)NC(=O)[C@H](CC(=O)O)NC(=O)CCCCCNC(=O)CCCC[C@@H]1SC[C@@H]2NC(=O)N[C@@H]21)C(C)C)C(=O)N[C@@H](Cc1cnc[nH]1)C(=O)N1CCC[C@H]1C(=O)N[C@@H](Cc1ccccc1)C(=O)O. The fourth-order valence-electron chi connectivity index (χ4n) is 11.9. The Morgan fingerprint density at radius 1 is 0.694 bits per heavy atom. The Morgan fingerprint density at radius 2 is 1.34 bits per heavy atom. The molecular formula is C66H96N16O15S. The number of imidazole rings is 1. The van der Waals surface area contributed by atoms with Crippen molar-refractivity contribution in [2.24, 2.45) is 28.3 Å². The number of carbonyl (C=O) groups excluding carboxylic acids is 10. The van der Waals surface area contributed by atoms with Crippen LogP contribution in [0.2, 0.25) is 0 Å². The summed E-state index contributed by atoms with van der Waals surface area (Å²) in [5.74, 6) is -10.1. The Hall–Kier alpha value is -9.49. The van der Waals surface area contributed by atoms with Crippen molar-refractivity contribution in [3.63, 3.8) is 0 Å². The molecule has 3 aliphatic heterocycles. The first-order chi connectivity index (χ1) is 46.8. The van der Waals surface area contributed by atoms with Gasteiger partial charge in [-0.05, 0) is 86.5 Å². The number of fused-ring (bicyclic) bond motifs is 1. The fourth-order valence-corrected chi connectivity index (χ4v) is 13.4. The lowest BCUT2D eigenvalue weighted by atomic mass is 9.96. The number of likely N-dealkylation sites (tertiary alicyclic amines) is 1. The molecule has 0 unspecified atom stereocenters. The zero-order valence-corrected chi connectivity index (χ0v) is 56.7. The lowest BCUT2D eigenvalue weighted by Gasteiger charge is -2.32. The monoisotopic (exact) mass is 1380 g/mol. The molecule has 2 aromatic carbocycles. The number of aliphatic imine (C=N–C) groups is 1. The minimum absolute atomic E-state index is 0.00834. The average Bonchev–Trinajstić information content (AvgIpc) is 1.62. The summed E-state index contributed by atoms with van der Waals surface area (Å²) in [6.45, 7) is 7.13. The van der Waals surface area contributed by atoms with Crippen LogP contribution in [0.15, 0.2) is 72.1 Å².